The van der Waals surface area contributed by atoms with E-state index in [1.54, 1.807) is 0 Å². The van der Waals surface area contributed by atoms with Gasteiger partial charge in [0.05, 0.1) is 18.9 Å². The van der Waals surface area contributed by atoms with Crippen LogP contribution in [-0.2, 0) is 4.74 Å². The predicted molar refractivity (Wildman–Crippen MR) is 37.2 cm³/mol. The van der Waals surface area contributed by atoms with Crippen LogP contribution in [0.25, 0.3) is 0 Å². The van der Waals surface area contributed by atoms with Crippen LogP contribution in [0.5, 0.6) is 0 Å². The number of nitrogens with zero attached hydrogens (tertiary/aromatic N) is 1. The number of esters is 1. The molecule has 1 aromatic rings. The Balaban J connectivity index is 0.000000810. The van der Waals surface area contributed by atoms with E-state index in [-0.39, 0.29) is 18.4 Å². The van der Waals surface area contributed by atoms with Crippen LogP contribution < -0.4 is 0 Å². The monoisotopic (exact) mass is 162 g/mol. The van der Waals surface area contributed by atoms with E-state index in [4.69, 9.17) is 0 Å². The van der Waals surface area contributed by atoms with Crippen LogP contribution in [0.15, 0.2) is 12.4 Å². The Kier molecular flexibility index (Phi) is 3.49. The van der Waals surface area contributed by atoms with Gasteiger partial charge < -0.3 is 4.74 Å². The second-order valence-electron chi connectivity index (χ2n) is 1.48. The molecule has 0 saturated heterocycles. The van der Waals surface area contributed by atoms with Gasteiger partial charge in [-0.2, -0.15) is 5.10 Å². The number of H-pyrrole nitrogens is 1. The maximum atomic E-state index is 10.6. The zero-order valence-electron chi connectivity index (χ0n) is 5.33. The first-order valence-electron chi connectivity index (χ1n) is 2.41. The highest BCUT2D eigenvalue weighted by Crippen LogP contribution is 1.94. The number of aromatic nitrogens is 2. The fourth-order valence-corrected chi connectivity index (χ4v) is 0.480. The topological polar surface area (TPSA) is 55.0 Å². The Morgan fingerprint density at radius 1 is 1.80 bits per heavy atom. The predicted octanol–water partition coefficient (Wildman–Crippen LogP) is 0.618. The SMILES string of the molecule is COC(=O)c1cn[nH]c1.Cl. The molecule has 0 aliphatic carbocycles. The summed E-state index contributed by atoms with van der Waals surface area (Å²) < 4.78 is 4.40. The van der Waals surface area contributed by atoms with Gasteiger partial charge in [-0.15, -0.1) is 12.4 Å². The van der Waals surface area contributed by atoms with Gasteiger partial charge in [0.25, 0.3) is 0 Å². The molecule has 0 saturated carbocycles. The van der Waals surface area contributed by atoms with Crippen LogP contribution in [0.1, 0.15) is 10.4 Å². The van der Waals surface area contributed by atoms with Crippen LogP contribution in [0.4, 0.5) is 0 Å². The van der Waals surface area contributed by atoms with E-state index in [0.29, 0.717) is 5.56 Å². The minimum absolute atomic E-state index is 0. The van der Waals surface area contributed by atoms with Gasteiger partial charge in [-0.05, 0) is 0 Å². The first kappa shape index (κ1) is 8.97. The van der Waals surface area contributed by atoms with Crippen molar-refractivity contribution >= 4 is 18.4 Å². The molecular formula is C5H7ClN2O2. The van der Waals surface area contributed by atoms with Crippen LogP contribution in [0.2, 0.25) is 0 Å². The maximum Gasteiger partial charge on any atom is 0.341 e. The highest BCUT2D eigenvalue weighted by Gasteiger charge is 2.03. The van der Waals surface area contributed by atoms with Crippen LogP contribution >= 0.6 is 12.4 Å². The van der Waals surface area contributed by atoms with Gasteiger partial charge in [-0.3, -0.25) is 5.10 Å². The van der Waals surface area contributed by atoms with E-state index in [1.807, 2.05) is 0 Å². The Bertz CT molecular complexity index is 197. The van der Waals surface area contributed by atoms with Gasteiger partial charge in [-0.25, -0.2) is 4.79 Å². The fraction of sp³-hybridized carbons (Fsp3) is 0.200. The molecule has 0 unspecified atom stereocenters. The van der Waals surface area contributed by atoms with E-state index in [9.17, 15) is 4.79 Å². The molecule has 56 valence electrons. The summed E-state index contributed by atoms with van der Waals surface area (Å²) in [5, 5.41) is 6.06. The van der Waals surface area contributed by atoms with Crippen molar-refractivity contribution in [3.63, 3.8) is 0 Å². The summed E-state index contributed by atoms with van der Waals surface area (Å²) in [4.78, 5) is 10.6. The maximum absolute atomic E-state index is 10.6. The molecule has 0 radical (unpaired) electrons. The van der Waals surface area contributed by atoms with Crippen molar-refractivity contribution < 1.29 is 9.53 Å². The van der Waals surface area contributed by atoms with Gasteiger partial charge in [-0.1, -0.05) is 0 Å². The number of carbonyl (C=O) groups excluding carboxylic acids is 1. The first-order valence-corrected chi connectivity index (χ1v) is 2.41. The quantitative estimate of drug-likeness (QED) is 0.616. The second-order valence-corrected chi connectivity index (χ2v) is 1.48. The molecule has 1 heterocycles. The van der Waals surface area contributed by atoms with Gasteiger partial charge in [0, 0.05) is 6.20 Å². The number of hydrogen-bond donors (Lipinski definition) is 1. The van der Waals surface area contributed by atoms with Crippen molar-refractivity contribution in [1.82, 2.24) is 10.2 Å². The third kappa shape index (κ3) is 1.73. The lowest BCUT2D eigenvalue weighted by molar-refractivity contribution is 0.0601. The lowest BCUT2D eigenvalue weighted by Gasteiger charge is -1.89. The summed E-state index contributed by atoms with van der Waals surface area (Å²) in [6, 6.07) is 0. The molecule has 0 spiro atoms. The minimum Gasteiger partial charge on any atom is -0.465 e. The Labute approximate surface area is 64.0 Å². The van der Waals surface area contributed by atoms with Crippen LogP contribution in [0.3, 0.4) is 0 Å². The van der Waals surface area contributed by atoms with Crippen molar-refractivity contribution in [3.8, 4) is 0 Å². The molecule has 0 fully saturated rings. The van der Waals surface area contributed by atoms with Crippen LogP contribution in [0, 0.1) is 0 Å². The zero-order chi connectivity index (χ0) is 6.69. The average Bonchev–Trinajstić information content (AvgIpc) is 2.37. The average molecular weight is 163 g/mol. The molecule has 0 amide bonds. The molecule has 0 atom stereocenters. The molecule has 0 aromatic carbocycles. The molecule has 0 aliphatic heterocycles. The highest BCUT2D eigenvalue weighted by molar-refractivity contribution is 5.88. The minimum atomic E-state index is -0.372. The zero-order valence-corrected chi connectivity index (χ0v) is 6.14. The number of halogens is 1. The number of methoxy groups -OCH3 is 1. The van der Waals surface area contributed by atoms with E-state index >= 15 is 0 Å². The molecule has 0 bridgehead atoms. The van der Waals surface area contributed by atoms with Crippen molar-refractivity contribution in [2.24, 2.45) is 0 Å². The van der Waals surface area contributed by atoms with E-state index < -0.39 is 0 Å². The standard InChI is InChI=1S/C5H6N2O2.ClH/c1-9-5(8)4-2-6-7-3-4;/h2-3H,1H3,(H,6,7);1H. The molecule has 5 heteroatoms. The fourth-order valence-electron chi connectivity index (χ4n) is 0.480. The van der Waals surface area contributed by atoms with E-state index in [2.05, 4.69) is 14.9 Å². The summed E-state index contributed by atoms with van der Waals surface area (Å²) in [6.45, 7) is 0. The smallest absolute Gasteiger partial charge is 0.341 e. The Morgan fingerprint density at radius 2 is 2.50 bits per heavy atom. The van der Waals surface area contributed by atoms with Gasteiger partial charge in [0.15, 0.2) is 0 Å². The largest absolute Gasteiger partial charge is 0.465 e. The summed E-state index contributed by atoms with van der Waals surface area (Å²) in [7, 11) is 1.33. The number of rotatable bonds is 1. The number of nitrogens with one attached hydrogen (secondary N) is 1. The molecule has 1 N–H and O–H groups in total. The molecular weight excluding hydrogens is 156 g/mol. The van der Waals surface area contributed by atoms with E-state index in [0.717, 1.165) is 0 Å². The summed E-state index contributed by atoms with van der Waals surface area (Å²) >= 11 is 0. The molecule has 4 nitrogen and oxygen atoms in total. The van der Waals surface area contributed by atoms with Gasteiger partial charge in [0.1, 0.15) is 0 Å². The van der Waals surface area contributed by atoms with Crippen molar-refractivity contribution in [2.45, 2.75) is 0 Å². The molecule has 1 rings (SSSR count). The lowest BCUT2D eigenvalue weighted by Crippen LogP contribution is -1.98. The molecule has 10 heavy (non-hydrogen) atoms. The summed E-state index contributed by atoms with van der Waals surface area (Å²) in [6.07, 6.45) is 2.89. The number of aromatic amines is 1. The van der Waals surface area contributed by atoms with Crippen molar-refractivity contribution in [2.75, 3.05) is 7.11 Å². The third-order valence-corrected chi connectivity index (χ3v) is 0.919. The Morgan fingerprint density at radius 3 is 2.90 bits per heavy atom. The normalized spacial score (nSPS) is 8.10. The highest BCUT2D eigenvalue weighted by atomic mass is 35.5. The van der Waals surface area contributed by atoms with E-state index in [1.165, 1.54) is 19.5 Å². The first-order chi connectivity index (χ1) is 4.34. The lowest BCUT2D eigenvalue weighted by atomic mass is 10.4. The second kappa shape index (κ2) is 3.90. The van der Waals surface area contributed by atoms with Gasteiger partial charge in [0.2, 0.25) is 0 Å². The van der Waals surface area contributed by atoms with Gasteiger partial charge >= 0.3 is 5.97 Å². The van der Waals surface area contributed by atoms with Crippen LogP contribution in [-0.4, -0.2) is 23.3 Å². The number of carbonyl (C=O) groups is 1. The molecule has 1 aromatic heterocycles. The molecule has 0 aliphatic rings. The summed E-state index contributed by atoms with van der Waals surface area (Å²) in [5.41, 5.74) is 0.442. The van der Waals surface area contributed by atoms with Crippen molar-refractivity contribution in [1.29, 1.82) is 0 Å². The van der Waals surface area contributed by atoms with Crippen molar-refractivity contribution in [3.05, 3.63) is 18.0 Å². The summed E-state index contributed by atoms with van der Waals surface area (Å²) in [5.74, 6) is -0.372. The number of ether oxygens (including phenoxy) is 1. The third-order valence-electron chi connectivity index (χ3n) is 0.919. The Hall–Kier alpha value is -1.03. The number of hydrogen-bond acceptors (Lipinski definition) is 3.